The van der Waals surface area contributed by atoms with Crippen LogP contribution in [-0.2, 0) is 14.4 Å². The number of rotatable bonds is 6. The SMILES string of the molecule is Cc1ccc(NC(=O)COc2c(Br)cc(/C=C3\C(=O)NC(=O)N(c4ccc(C)c(Cl)c4)C3=O)cc2Br)cc1Cl. The van der Waals surface area contributed by atoms with E-state index in [1.54, 1.807) is 49.4 Å². The molecule has 1 saturated heterocycles. The lowest BCUT2D eigenvalue weighted by molar-refractivity contribution is -0.122. The number of nitrogens with zero attached hydrogens (tertiary/aromatic N) is 1. The topological polar surface area (TPSA) is 105 Å². The molecule has 2 N–H and O–H groups in total. The van der Waals surface area contributed by atoms with E-state index in [4.69, 9.17) is 27.9 Å². The van der Waals surface area contributed by atoms with Crippen LogP contribution in [-0.4, -0.2) is 30.4 Å². The van der Waals surface area contributed by atoms with Crippen molar-refractivity contribution in [3.63, 3.8) is 0 Å². The Balaban J connectivity index is 1.52. The van der Waals surface area contributed by atoms with Crippen LogP contribution >= 0.6 is 55.1 Å². The lowest BCUT2D eigenvalue weighted by atomic mass is 10.1. The van der Waals surface area contributed by atoms with Crippen LogP contribution in [0.25, 0.3) is 6.08 Å². The van der Waals surface area contributed by atoms with Crippen LogP contribution in [0.3, 0.4) is 0 Å². The molecular weight excluding hydrogens is 677 g/mol. The van der Waals surface area contributed by atoms with Gasteiger partial charge in [0.1, 0.15) is 11.3 Å². The van der Waals surface area contributed by atoms with Crippen molar-refractivity contribution in [1.29, 1.82) is 0 Å². The number of nitrogens with one attached hydrogen (secondary N) is 2. The molecule has 0 saturated carbocycles. The molecule has 0 unspecified atom stereocenters. The molecule has 0 spiro atoms. The molecule has 1 heterocycles. The van der Waals surface area contributed by atoms with Gasteiger partial charge in [0, 0.05) is 15.7 Å². The second-order valence-corrected chi connectivity index (χ2v) is 11.0. The van der Waals surface area contributed by atoms with E-state index in [0.29, 0.717) is 36.0 Å². The molecule has 0 atom stereocenters. The predicted molar refractivity (Wildman–Crippen MR) is 157 cm³/mol. The van der Waals surface area contributed by atoms with Crippen molar-refractivity contribution >= 4 is 96.3 Å². The van der Waals surface area contributed by atoms with Crippen LogP contribution < -0.4 is 20.3 Å². The van der Waals surface area contributed by atoms with Crippen molar-refractivity contribution in [3.8, 4) is 5.75 Å². The van der Waals surface area contributed by atoms with Gasteiger partial charge in [-0.1, -0.05) is 35.3 Å². The highest BCUT2D eigenvalue weighted by Gasteiger charge is 2.37. The summed E-state index contributed by atoms with van der Waals surface area (Å²) in [5.74, 6) is -1.70. The molecule has 0 radical (unpaired) electrons. The number of carbonyl (C=O) groups excluding carboxylic acids is 4. The van der Waals surface area contributed by atoms with Crippen LogP contribution in [0.2, 0.25) is 10.0 Å². The first-order valence-corrected chi connectivity index (χ1v) is 13.6. The van der Waals surface area contributed by atoms with Gasteiger partial charge in [-0.05, 0) is 105 Å². The van der Waals surface area contributed by atoms with Gasteiger partial charge >= 0.3 is 6.03 Å². The quantitative estimate of drug-likeness (QED) is 0.218. The Bertz CT molecular complexity index is 1550. The number of anilines is 2. The third-order valence-corrected chi connectivity index (χ3v) is 7.64. The summed E-state index contributed by atoms with van der Waals surface area (Å²) < 4.78 is 6.59. The number of benzene rings is 3. The van der Waals surface area contributed by atoms with Crippen LogP contribution in [0.4, 0.5) is 16.2 Å². The molecule has 1 aliphatic heterocycles. The van der Waals surface area contributed by atoms with E-state index in [1.807, 2.05) is 6.92 Å². The highest BCUT2D eigenvalue weighted by Crippen LogP contribution is 2.36. The summed E-state index contributed by atoms with van der Waals surface area (Å²) in [6.07, 6.45) is 1.35. The van der Waals surface area contributed by atoms with Crippen molar-refractivity contribution < 1.29 is 23.9 Å². The fraction of sp³-hybridized carbons (Fsp3) is 0.111. The van der Waals surface area contributed by atoms with Crippen molar-refractivity contribution in [2.24, 2.45) is 0 Å². The van der Waals surface area contributed by atoms with E-state index in [0.717, 1.165) is 16.0 Å². The molecule has 0 aromatic heterocycles. The number of halogens is 4. The Kier molecular flexibility index (Phi) is 8.80. The fourth-order valence-electron chi connectivity index (χ4n) is 3.59. The molecule has 12 heteroatoms. The van der Waals surface area contributed by atoms with E-state index >= 15 is 0 Å². The maximum Gasteiger partial charge on any atom is 0.335 e. The van der Waals surface area contributed by atoms with Gasteiger partial charge in [0.2, 0.25) is 0 Å². The van der Waals surface area contributed by atoms with Crippen molar-refractivity contribution in [1.82, 2.24) is 5.32 Å². The zero-order valence-corrected chi connectivity index (χ0v) is 25.1. The van der Waals surface area contributed by atoms with Gasteiger partial charge in [0.15, 0.2) is 6.61 Å². The summed E-state index contributed by atoms with van der Waals surface area (Å²) in [5, 5.41) is 5.79. The minimum absolute atomic E-state index is 0.226. The monoisotopic (exact) mass is 693 g/mol. The van der Waals surface area contributed by atoms with E-state index in [2.05, 4.69) is 42.5 Å². The molecule has 0 aliphatic carbocycles. The van der Waals surface area contributed by atoms with Crippen molar-refractivity contribution in [3.05, 3.63) is 89.8 Å². The van der Waals surface area contributed by atoms with Crippen LogP contribution in [0.5, 0.6) is 5.75 Å². The molecule has 3 aromatic rings. The fourth-order valence-corrected chi connectivity index (χ4v) is 5.39. The van der Waals surface area contributed by atoms with Crippen LogP contribution in [0, 0.1) is 13.8 Å². The van der Waals surface area contributed by atoms with E-state index in [9.17, 15) is 19.2 Å². The van der Waals surface area contributed by atoms with Gasteiger partial charge in [-0.2, -0.15) is 0 Å². The number of barbiturate groups is 1. The lowest BCUT2D eigenvalue weighted by Crippen LogP contribution is -2.54. The predicted octanol–water partition coefficient (Wildman–Crippen LogP) is 6.82. The average Bonchev–Trinajstić information content (AvgIpc) is 2.85. The smallest absolute Gasteiger partial charge is 0.335 e. The number of hydrogen-bond donors (Lipinski definition) is 2. The Morgan fingerprint density at radius 1 is 0.974 bits per heavy atom. The van der Waals surface area contributed by atoms with E-state index in [-0.39, 0.29) is 17.9 Å². The molecule has 200 valence electrons. The first-order chi connectivity index (χ1) is 18.4. The molecule has 8 nitrogen and oxygen atoms in total. The summed E-state index contributed by atoms with van der Waals surface area (Å²) in [6, 6.07) is 12.2. The van der Waals surface area contributed by atoms with Crippen molar-refractivity contribution in [2.45, 2.75) is 13.8 Å². The molecule has 4 rings (SSSR count). The lowest BCUT2D eigenvalue weighted by Gasteiger charge is -2.26. The number of ether oxygens (including phenoxy) is 1. The Hall–Kier alpha value is -3.18. The molecule has 39 heavy (non-hydrogen) atoms. The normalized spacial score (nSPS) is 14.5. The number of imide groups is 2. The Morgan fingerprint density at radius 3 is 2.21 bits per heavy atom. The first-order valence-electron chi connectivity index (χ1n) is 11.3. The summed E-state index contributed by atoms with van der Waals surface area (Å²) in [4.78, 5) is 51.4. The minimum Gasteiger partial charge on any atom is -0.481 e. The van der Waals surface area contributed by atoms with Gasteiger partial charge in [-0.15, -0.1) is 0 Å². The highest BCUT2D eigenvalue weighted by atomic mass is 79.9. The molecule has 1 aliphatic rings. The Labute approximate surface area is 250 Å². The third-order valence-electron chi connectivity index (χ3n) is 5.65. The number of amides is 5. The number of hydrogen-bond acceptors (Lipinski definition) is 5. The van der Waals surface area contributed by atoms with Gasteiger partial charge in [0.25, 0.3) is 17.7 Å². The summed E-state index contributed by atoms with van der Waals surface area (Å²) >= 11 is 19.1. The summed E-state index contributed by atoms with van der Waals surface area (Å²) in [6.45, 7) is 3.35. The van der Waals surface area contributed by atoms with Gasteiger partial charge in [-0.3, -0.25) is 19.7 Å². The standard InChI is InChI=1S/C27H19Br2Cl2N3O5/c1-13-3-5-16(10-21(13)30)32-23(35)12-39-24-19(28)8-15(9-20(24)29)7-18-25(36)33-27(38)34(26(18)37)17-6-4-14(2)22(31)11-17/h3-11H,12H2,1-2H3,(H,32,35)(H,33,36,38)/b18-7+. The minimum atomic E-state index is -0.876. The molecular formula is C27H19Br2Cl2N3O5. The van der Waals surface area contributed by atoms with Gasteiger partial charge in [-0.25, -0.2) is 9.69 Å². The number of aryl methyl sites for hydroxylation is 2. The maximum atomic E-state index is 13.2. The average molecular weight is 696 g/mol. The molecule has 0 bridgehead atoms. The largest absolute Gasteiger partial charge is 0.481 e. The second kappa shape index (κ2) is 11.9. The van der Waals surface area contributed by atoms with E-state index < -0.39 is 23.8 Å². The third kappa shape index (κ3) is 6.52. The van der Waals surface area contributed by atoms with E-state index in [1.165, 1.54) is 12.1 Å². The van der Waals surface area contributed by atoms with Gasteiger partial charge in [0.05, 0.1) is 14.6 Å². The first kappa shape index (κ1) is 28.8. The summed E-state index contributed by atoms with van der Waals surface area (Å²) in [5.41, 5.74) is 2.62. The zero-order chi connectivity index (χ0) is 28.4. The van der Waals surface area contributed by atoms with Crippen LogP contribution in [0.15, 0.2) is 63.0 Å². The zero-order valence-electron chi connectivity index (χ0n) is 20.4. The van der Waals surface area contributed by atoms with Crippen LogP contribution in [0.1, 0.15) is 16.7 Å². The van der Waals surface area contributed by atoms with Gasteiger partial charge < -0.3 is 10.1 Å². The molecule has 1 fully saturated rings. The molecule has 5 amide bonds. The summed E-state index contributed by atoms with van der Waals surface area (Å²) in [7, 11) is 0. The number of carbonyl (C=O) groups is 4. The maximum absolute atomic E-state index is 13.2. The highest BCUT2D eigenvalue weighted by molar-refractivity contribution is 9.11. The van der Waals surface area contributed by atoms with Crippen molar-refractivity contribution in [2.75, 3.05) is 16.8 Å². The second-order valence-electron chi connectivity index (χ2n) is 8.51. The molecule has 3 aromatic carbocycles. The number of urea groups is 1. The Morgan fingerprint density at radius 2 is 1.59 bits per heavy atom.